The van der Waals surface area contributed by atoms with Crippen LogP contribution in [0.3, 0.4) is 0 Å². The maximum Gasteiger partial charge on any atom is 0.224 e. The summed E-state index contributed by atoms with van der Waals surface area (Å²) in [4.78, 5) is 13.8. The van der Waals surface area contributed by atoms with Gasteiger partial charge in [0.25, 0.3) is 0 Å². The summed E-state index contributed by atoms with van der Waals surface area (Å²) < 4.78 is 23.3. The summed E-state index contributed by atoms with van der Waals surface area (Å²) in [6.07, 6.45) is 1.16. The highest BCUT2D eigenvalue weighted by Gasteiger charge is 2.36. The van der Waals surface area contributed by atoms with Crippen LogP contribution in [-0.2, 0) is 14.6 Å². The summed E-state index contributed by atoms with van der Waals surface area (Å²) in [5.41, 5.74) is 7.65. The molecule has 0 saturated carbocycles. The minimum absolute atomic E-state index is 0.0147. The van der Waals surface area contributed by atoms with Crippen LogP contribution in [-0.4, -0.2) is 26.6 Å². The van der Waals surface area contributed by atoms with Crippen molar-refractivity contribution in [2.45, 2.75) is 37.8 Å². The summed E-state index contributed by atoms with van der Waals surface area (Å²) >= 11 is 0. The van der Waals surface area contributed by atoms with Crippen LogP contribution >= 0.6 is 0 Å². The Kier molecular flexibility index (Phi) is 3.64. The van der Waals surface area contributed by atoms with Gasteiger partial charge in [0.05, 0.1) is 4.90 Å². The van der Waals surface area contributed by atoms with Crippen LogP contribution in [0.1, 0.15) is 32.4 Å². The van der Waals surface area contributed by atoms with Crippen molar-refractivity contribution in [2.75, 3.05) is 11.2 Å². The van der Waals surface area contributed by atoms with Crippen LogP contribution in [0, 0.1) is 5.92 Å². The van der Waals surface area contributed by atoms with E-state index in [0.29, 0.717) is 11.3 Å². The smallest absolute Gasteiger partial charge is 0.224 e. The van der Waals surface area contributed by atoms with Crippen molar-refractivity contribution in [1.29, 1.82) is 0 Å². The maximum absolute atomic E-state index is 11.9. The largest absolute Gasteiger partial charge is 0.324 e. The third kappa shape index (κ3) is 2.33. The predicted molar refractivity (Wildman–Crippen MR) is 78.3 cm³/mol. The number of hydrogen-bond donors (Lipinski definition) is 1. The fraction of sp³-hybridized carbons (Fsp3) is 0.500. The van der Waals surface area contributed by atoms with Gasteiger partial charge < -0.3 is 10.6 Å². The molecule has 0 aromatic heterocycles. The Morgan fingerprint density at radius 2 is 1.90 bits per heavy atom. The van der Waals surface area contributed by atoms with E-state index in [1.165, 1.54) is 13.0 Å². The molecule has 0 unspecified atom stereocenters. The second-order valence-electron chi connectivity index (χ2n) is 5.51. The third-order valence-electron chi connectivity index (χ3n) is 4.12. The molecular formula is C14H20N2O3S. The van der Waals surface area contributed by atoms with Gasteiger partial charge in [0.2, 0.25) is 5.91 Å². The van der Waals surface area contributed by atoms with Crippen molar-refractivity contribution in [3.63, 3.8) is 0 Å². The Labute approximate surface area is 119 Å². The lowest BCUT2D eigenvalue weighted by molar-refractivity contribution is -0.117. The summed E-state index contributed by atoms with van der Waals surface area (Å²) in [6, 6.07) is 4.50. The van der Waals surface area contributed by atoms with Gasteiger partial charge in [-0.15, -0.1) is 0 Å². The van der Waals surface area contributed by atoms with E-state index in [4.69, 9.17) is 5.73 Å². The first kappa shape index (κ1) is 15.0. The first-order chi connectivity index (χ1) is 9.14. The molecule has 1 aromatic rings. The van der Waals surface area contributed by atoms with Crippen LogP contribution in [0.2, 0.25) is 0 Å². The lowest BCUT2D eigenvalue weighted by atomic mass is 9.83. The Hall–Kier alpha value is -1.40. The predicted octanol–water partition coefficient (Wildman–Crippen LogP) is 1.48. The molecule has 1 aliphatic heterocycles. The second kappa shape index (κ2) is 4.86. The number of amides is 1. The van der Waals surface area contributed by atoms with Crippen molar-refractivity contribution in [2.24, 2.45) is 11.7 Å². The van der Waals surface area contributed by atoms with Gasteiger partial charge in [-0.05, 0) is 36.6 Å². The third-order valence-corrected chi connectivity index (χ3v) is 5.23. The minimum atomic E-state index is -3.29. The van der Waals surface area contributed by atoms with Crippen LogP contribution in [0.15, 0.2) is 23.1 Å². The molecule has 6 heteroatoms. The number of benzene rings is 1. The monoisotopic (exact) mass is 296 g/mol. The Morgan fingerprint density at radius 3 is 2.40 bits per heavy atom. The van der Waals surface area contributed by atoms with Gasteiger partial charge in [0, 0.05) is 31.0 Å². The molecule has 2 rings (SSSR count). The minimum Gasteiger partial charge on any atom is -0.324 e. The summed E-state index contributed by atoms with van der Waals surface area (Å²) in [5, 5.41) is 0. The zero-order chi connectivity index (χ0) is 15.2. The number of fused-ring (bicyclic) bond motifs is 1. The topological polar surface area (TPSA) is 80.5 Å². The fourth-order valence-corrected chi connectivity index (χ4v) is 3.40. The van der Waals surface area contributed by atoms with E-state index in [-0.39, 0.29) is 28.8 Å². The lowest BCUT2D eigenvalue weighted by Crippen LogP contribution is -2.48. The molecule has 1 heterocycles. The molecule has 0 saturated heterocycles. The van der Waals surface area contributed by atoms with Crippen molar-refractivity contribution >= 4 is 21.4 Å². The van der Waals surface area contributed by atoms with Gasteiger partial charge in [0.15, 0.2) is 9.84 Å². The number of carbonyl (C=O) groups excluding carboxylic acids is 1. The Balaban J connectivity index is 2.66. The molecular weight excluding hydrogens is 276 g/mol. The van der Waals surface area contributed by atoms with Crippen molar-refractivity contribution in [3.8, 4) is 0 Å². The van der Waals surface area contributed by atoms with Gasteiger partial charge in [-0.1, -0.05) is 6.92 Å². The number of sulfone groups is 1. The fourth-order valence-electron chi connectivity index (χ4n) is 2.74. The van der Waals surface area contributed by atoms with E-state index in [1.807, 2.05) is 13.8 Å². The maximum atomic E-state index is 11.9. The SMILES string of the molecule is CC(=O)N1c2ccc(S(C)(=O)=O)cc2[C@H](N)[C@@H](C)[C@@H]1C. The van der Waals surface area contributed by atoms with E-state index in [9.17, 15) is 13.2 Å². The van der Waals surface area contributed by atoms with Gasteiger partial charge >= 0.3 is 0 Å². The molecule has 2 N–H and O–H groups in total. The second-order valence-corrected chi connectivity index (χ2v) is 7.52. The van der Waals surface area contributed by atoms with Gasteiger partial charge in [0.1, 0.15) is 0 Å². The van der Waals surface area contributed by atoms with Gasteiger partial charge in [-0.3, -0.25) is 4.79 Å². The average molecular weight is 296 g/mol. The van der Waals surface area contributed by atoms with E-state index in [1.54, 1.807) is 17.0 Å². The molecule has 0 aliphatic carbocycles. The number of hydrogen-bond acceptors (Lipinski definition) is 4. The van der Waals surface area contributed by atoms with E-state index < -0.39 is 9.84 Å². The zero-order valence-electron chi connectivity index (χ0n) is 12.1. The number of anilines is 1. The molecule has 1 aromatic carbocycles. The average Bonchev–Trinajstić information content (AvgIpc) is 2.34. The first-order valence-electron chi connectivity index (χ1n) is 6.54. The number of nitrogens with two attached hydrogens (primary N) is 1. The molecule has 1 aliphatic rings. The number of rotatable bonds is 1. The Bertz CT molecular complexity index is 654. The summed E-state index contributed by atoms with van der Waals surface area (Å²) in [6.45, 7) is 5.44. The molecule has 5 nitrogen and oxygen atoms in total. The van der Waals surface area contributed by atoms with Crippen molar-refractivity contribution in [1.82, 2.24) is 0 Å². The molecule has 0 radical (unpaired) electrons. The van der Waals surface area contributed by atoms with Crippen molar-refractivity contribution < 1.29 is 13.2 Å². The van der Waals surface area contributed by atoms with E-state index in [2.05, 4.69) is 0 Å². The molecule has 0 spiro atoms. The molecule has 110 valence electrons. The van der Waals surface area contributed by atoms with Crippen LogP contribution < -0.4 is 10.6 Å². The van der Waals surface area contributed by atoms with Gasteiger partial charge in [-0.25, -0.2) is 8.42 Å². The number of nitrogens with zero attached hydrogens (tertiary/aromatic N) is 1. The van der Waals surface area contributed by atoms with Gasteiger partial charge in [-0.2, -0.15) is 0 Å². The summed E-state index contributed by atoms with van der Waals surface area (Å²) in [5.74, 6) is -0.00850. The van der Waals surface area contributed by atoms with Crippen LogP contribution in [0.4, 0.5) is 5.69 Å². The highest BCUT2D eigenvalue weighted by molar-refractivity contribution is 7.90. The van der Waals surface area contributed by atoms with Crippen LogP contribution in [0.5, 0.6) is 0 Å². The summed E-state index contributed by atoms with van der Waals surface area (Å²) in [7, 11) is -3.29. The highest BCUT2D eigenvalue weighted by atomic mass is 32.2. The first-order valence-corrected chi connectivity index (χ1v) is 8.43. The molecule has 1 amide bonds. The van der Waals surface area contributed by atoms with E-state index >= 15 is 0 Å². The number of carbonyl (C=O) groups is 1. The quantitative estimate of drug-likeness (QED) is 0.851. The lowest BCUT2D eigenvalue weighted by Gasteiger charge is -2.42. The molecule has 0 bridgehead atoms. The normalized spacial score (nSPS) is 26.2. The Morgan fingerprint density at radius 1 is 1.30 bits per heavy atom. The highest BCUT2D eigenvalue weighted by Crippen LogP contribution is 2.40. The molecule has 20 heavy (non-hydrogen) atoms. The van der Waals surface area contributed by atoms with Crippen LogP contribution in [0.25, 0.3) is 0 Å². The molecule has 3 atom stereocenters. The zero-order valence-corrected chi connectivity index (χ0v) is 12.9. The van der Waals surface area contributed by atoms with E-state index in [0.717, 1.165) is 6.26 Å². The molecule has 0 fully saturated rings. The standard InChI is InChI=1S/C14H20N2O3S/c1-8-9(2)16(10(3)17)13-6-5-11(20(4,18)19)7-12(13)14(8)15/h5-9,14H,15H2,1-4H3/t8-,9-,14+/m0/s1. The van der Waals surface area contributed by atoms with Crippen molar-refractivity contribution in [3.05, 3.63) is 23.8 Å².